The molecule has 8 nitrogen and oxygen atoms in total. The summed E-state index contributed by atoms with van der Waals surface area (Å²) in [5.41, 5.74) is 1.34. The molecule has 0 bridgehead atoms. The van der Waals surface area contributed by atoms with Crippen LogP contribution < -0.4 is 9.21 Å². The van der Waals surface area contributed by atoms with Crippen LogP contribution in [0.1, 0.15) is 22.3 Å². The summed E-state index contributed by atoms with van der Waals surface area (Å²) in [7, 11) is -2.39. The molecule has 0 saturated heterocycles. The van der Waals surface area contributed by atoms with Gasteiger partial charge in [0.1, 0.15) is 5.82 Å². The number of benzene rings is 3. The standard InChI is InChI=1S/C26H24FN3O5S/c1-19-8-14-22(15-9-19)36(33,34)29(2)21-12-10-20(11-13-21)26(32)35-18-25(31)30(17-5-16-28)24-7-4-3-6-23(24)27/h3-4,6-15H,5,17-18H2,1-2H3. The number of nitrogens with zero attached hydrogens (tertiary/aromatic N) is 3. The zero-order valence-corrected chi connectivity index (χ0v) is 20.5. The van der Waals surface area contributed by atoms with E-state index < -0.39 is 34.3 Å². The summed E-state index contributed by atoms with van der Waals surface area (Å²) >= 11 is 0. The number of sulfonamides is 1. The zero-order chi connectivity index (χ0) is 26.3. The van der Waals surface area contributed by atoms with E-state index in [1.54, 1.807) is 18.2 Å². The average Bonchev–Trinajstić information content (AvgIpc) is 2.88. The fourth-order valence-electron chi connectivity index (χ4n) is 3.32. The summed E-state index contributed by atoms with van der Waals surface area (Å²) in [5, 5.41) is 8.86. The summed E-state index contributed by atoms with van der Waals surface area (Å²) in [4.78, 5) is 26.3. The van der Waals surface area contributed by atoms with Crippen molar-refractivity contribution in [3.63, 3.8) is 0 Å². The van der Waals surface area contributed by atoms with Crippen molar-refractivity contribution >= 4 is 33.3 Å². The van der Waals surface area contributed by atoms with Crippen molar-refractivity contribution in [3.8, 4) is 6.07 Å². The van der Waals surface area contributed by atoms with E-state index >= 15 is 0 Å². The molecule has 0 atom stereocenters. The second kappa shape index (κ2) is 11.5. The average molecular weight is 510 g/mol. The first kappa shape index (κ1) is 26.4. The van der Waals surface area contributed by atoms with Crippen LogP contribution in [0.15, 0.2) is 77.7 Å². The maximum atomic E-state index is 14.2. The number of nitriles is 1. The Morgan fingerprint density at radius 3 is 2.25 bits per heavy atom. The lowest BCUT2D eigenvalue weighted by Gasteiger charge is -2.22. The molecule has 1 amide bonds. The first-order chi connectivity index (χ1) is 17.1. The van der Waals surface area contributed by atoms with Crippen LogP contribution in [0, 0.1) is 24.1 Å². The minimum Gasteiger partial charge on any atom is -0.452 e. The van der Waals surface area contributed by atoms with E-state index in [1.165, 1.54) is 61.6 Å². The van der Waals surface area contributed by atoms with Gasteiger partial charge in [-0.3, -0.25) is 9.10 Å². The largest absolute Gasteiger partial charge is 0.452 e. The van der Waals surface area contributed by atoms with Gasteiger partial charge in [-0.2, -0.15) is 5.26 Å². The SMILES string of the molecule is Cc1ccc(S(=O)(=O)N(C)c2ccc(C(=O)OCC(=O)N(CCC#N)c3ccccc3F)cc2)cc1. The summed E-state index contributed by atoms with van der Waals surface area (Å²) in [6, 6.07) is 19.6. The number of esters is 1. The van der Waals surface area contributed by atoms with Crippen LogP contribution in [0.5, 0.6) is 0 Å². The molecule has 3 aromatic rings. The van der Waals surface area contributed by atoms with Crippen LogP contribution in [0.2, 0.25) is 0 Å². The van der Waals surface area contributed by atoms with Crippen LogP contribution in [0.25, 0.3) is 0 Å². The molecule has 3 rings (SSSR count). The molecule has 0 spiro atoms. The van der Waals surface area contributed by atoms with E-state index in [9.17, 15) is 22.4 Å². The fraction of sp³-hybridized carbons (Fsp3) is 0.192. The Bertz CT molecular complexity index is 1380. The molecular formula is C26H24FN3O5S. The van der Waals surface area contributed by atoms with Gasteiger partial charge in [0.2, 0.25) is 0 Å². The third-order valence-electron chi connectivity index (χ3n) is 5.36. The third-order valence-corrected chi connectivity index (χ3v) is 7.16. The molecule has 0 unspecified atom stereocenters. The maximum absolute atomic E-state index is 14.2. The van der Waals surface area contributed by atoms with Gasteiger partial charge in [-0.05, 0) is 55.5 Å². The van der Waals surface area contributed by atoms with Gasteiger partial charge in [0.25, 0.3) is 15.9 Å². The molecule has 36 heavy (non-hydrogen) atoms. The van der Waals surface area contributed by atoms with E-state index in [1.807, 2.05) is 13.0 Å². The van der Waals surface area contributed by atoms with Gasteiger partial charge in [0, 0.05) is 13.6 Å². The van der Waals surface area contributed by atoms with E-state index in [-0.39, 0.29) is 29.1 Å². The number of hydrogen-bond donors (Lipinski definition) is 0. The number of carbonyl (C=O) groups is 2. The number of ether oxygens (including phenoxy) is 1. The number of rotatable bonds is 9. The van der Waals surface area contributed by atoms with E-state index in [4.69, 9.17) is 10.00 Å². The van der Waals surface area contributed by atoms with Crippen molar-refractivity contribution in [1.29, 1.82) is 5.26 Å². The Hall–Kier alpha value is -4.23. The molecule has 0 fully saturated rings. The molecule has 0 aliphatic rings. The highest BCUT2D eigenvalue weighted by Gasteiger charge is 2.23. The van der Waals surface area contributed by atoms with Crippen molar-refractivity contribution in [2.75, 3.05) is 29.4 Å². The minimum atomic E-state index is -3.80. The highest BCUT2D eigenvalue weighted by Crippen LogP contribution is 2.23. The quantitative estimate of drug-likeness (QED) is 0.403. The van der Waals surface area contributed by atoms with E-state index in [0.717, 1.165) is 14.8 Å². The first-order valence-electron chi connectivity index (χ1n) is 10.9. The number of carbonyl (C=O) groups excluding carboxylic acids is 2. The lowest BCUT2D eigenvalue weighted by Crippen LogP contribution is -2.36. The monoisotopic (exact) mass is 509 g/mol. The Labute approximate surface area is 209 Å². The van der Waals surface area contributed by atoms with Gasteiger partial charge in [0.15, 0.2) is 6.61 Å². The van der Waals surface area contributed by atoms with Gasteiger partial charge in [-0.25, -0.2) is 17.6 Å². The van der Waals surface area contributed by atoms with Gasteiger partial charge in [0.05, 0.1) is 34.3 Å². The van der Waals surface area contributed by atoms with Crippen molar-refractivity contribution in [1.82, 2.24) is 0 Å². The number of anilines is 2. The van der Waals surface area contributed by atoms with Crippen molar-refractivity contribution in [2.24, 2.45) is 0 Å². The summed E-state index contributed by atoms with van der Waals surface area (Å²) in [5.74, 6) is -2.15. The number of amides is 1. The molecular weight excluding hydrogens is 485 g/mol. The number of para-hydroxylation sites is 1. The van der Waals surface area contributed by atoms with Crippen LogP contribution in [0.4, 0.5) is 15.8 Å². The third kappa shape index (κ3) is 6.06. The molecule has 0 saturated carbocycles. The highest BCUT2D eigenvalue weighted by molar-refractivity contribution is 7.92. The number of halogens is 1. The second-order valence-corrected chi connectivity index (χ2v) is 9.78. The summed E-state index contributed by atoms with van der Waals surface area (Å²) in [6.45, 7) is 1.13. The maximum Gasteiger partial charge on any atom is 0.338 e. The molecule has 0 aliphatic carbocycles. The smallest absolute Gasteiger partial charge is 0.338 e. The summed E-state index contributed by atoms with van der Waals surface area (Å²) < 4.78 is 46.1. The van der Waals surface area contributed by atoms with Crippen LogP contribution in [0.3, 0.4) is 0 Å². The molecule has 10 heteroatoms. The molecule has 0 N–H and O–H groups in total. The first-order valence-corrected chi connectivity index (χ1v) is 12.3. The normalized spacial score (nSPS) is 10.8. The summed E-state index contributed by atoms with van der Waals surface area (Å²) in [6.07, 6.45) is -0.0332. The zero-order valence-electron chi connectivity index (χ0n) is 19.7. The predicted molar refractivity (Wildman–Crippen MR) is 132 cm³/mol. The van der Waals surface area contributed by atoms with Gasteiger partial charge in [-0.1, -0.05) is 29.8 Å². The lowest BCUT2D eigenvalue weighted by molar-refractivity contribution is -0.121. The van der Waals surface area contributed by atoms with E-state index in [2.05, 4.69) is 0 Å². The van der Waals surface area contributed by atoms with Crippen LogP contribution in [-0.2, 0) is 19.6 Å². The van der Waals surface area contributed by atoms with Crippen molar-refractivity contribution in [3.05, 3.63) is 89.7 Å². The van der Waals surface area contributed by atoms with Gasteiger partial charge in [-0.15, -0.1) is 0 Å². The van der Waals surface area contributed by atoms with Crippen LogP contribution in [-0.4, -0.2) is 40.5 Å². The minimum absolute atomic E-state index is 0.0176. The molecule has 186 valence electrons. The Kier molecular flexibility index (Phi) is 8.40. The molecule has 3 aromatic carbocycles. The lowest BCUT2D eigenvalue weighted by atomic mass is 10.2. The molecule has 0 radical (unpaired) electrons. The number of aryl methyl sites for hydroxylation is 1. The fourth-order valence-corrected chi connectivity index (χ4v) is 4.51. The molecule has 0 aliphatic heterocycles. The predicted octanol–water partition coefficient (Wildman–Crippen LogP) is 4.06. The number of hydrogen-bond acceptors (Lipinski definition) is 6. The molecule has 0 aromatic heterocycles. The topological polar surface area (TPSA) is 108 Å². The second-order valence-electron chi connectivity index (χ2n) is 7.81. The van der Waals surface area contributed by atoms with Gasteiger partial charge < -0.3 is 9.64 Å². The van der Waals surface area contributed by atoms with Crippen molar-refractivity contribution in [2.45, 2.75) is 18.2 Å². The Morgan fingerprint density at radius 2 is 1.64 bits per heavy atom. The van der Waals surface area contributed by atoms with Crippen molar-refractivity contribution < 1.29 is 27.1 Å². The van der Waals surface area contributed by atoms with Crippen LogP contribution >= 0.6 is 0 Å². The molecule has 0 heterocycles. The highest BCUT2D eigenvalue weighted by atomic mass is 32.2. The van der Waals surface area contributed by atoms with E-state index in [0.29, 0.717) is 5.69 Å². The Morgan fingerprint density at radius 1 is 1.00 bits per heavy atom. The van der Waals surface area contributed by atoms with Gasteiger partial charge >= 0.3 is 5.97 Å². The Balaban J connectivity index is 1.68.